The van der Waals surface area contributed by atoms with Gasteiger partial charge in [-0.3, -0.25) is 4.79 Å². The molecule has 3 rings (SSSR count). The number of para-hydroxylation sites is 1. The van der Waals surface area contributed by atoms with Gasteiger partial charge < -0.3 is 9.64 Å². The van der Waals surface area contributed by atoms with E-state index in [1.54, 1.807) is 37.3 Å². The molecule has 1 fully saturated rings. The fraction of sp³-hybridized carbons (Fsp3) is 0.375. The molecule has 1 aliphatic heterocycles. The summed E-state index contributed by atoms with van der Waals surface area (Å²) < 4.78 is 32.8. The number of aryl methyl sites for hydroxylation is 1. The fourth-order valence-corrected chi connectivity index (χ4v) is 5.47. The molecule has 0 bridgehead atoms. The van der Waals surface area contributed by atoms with Crippen LogP contribution in [0.25, 0.3) is 0 Å². The molecule has 0 aromatic heterocycles. The number of hydrogen-bond donors (Lipinski definition) is 0. The number of esters is 1. The third-order valence-electron chi connectivity index (χ3n) is 5.50. The second-order valence-electron chi connectivity index (χ2n) is 7.81. The van der Waals surface area contributed by atoms with Gasteiger partial charge in [-0.1, -0.05) is 30.7 Å². The number of amides is 1. The Balaban J connectivity index is 1.73. The van der Waals surface area contributed by atoms with Gasteiger partial charge in [-0.15, -0.1) is 0 Å². The number of rotatable bonds is 8. The monoisotopic (exact) mass is 469 g/mol. The van der Waals surface area contributed by atoms with Gasteiger partial charge in [0, 0.05) is 25.3 Å². The highest BCUT2D eigenvalue weighted by Crippen LogP contribution is 2.25. The van der Waals surface area contributed by atoms with Crippen molar-refractivity contribution in [3.05, 3.63) is 59.7 Å². The van der Waals surface area contributed by atoms with Crippen molar-refractivity contribution >= 4 is 27.6 Å². The summed E-state index contributed by atoms with van der Waals surface area (Å²) >= 11 is 0. The van der Waals surface area contributed by atoms with Gasteiger partial charge in [0.25, 0.3) is 5.91 Å². The maximum atomic E-state index is 13.1. The number of hydrogen-bond acceptors (Lipinski definition) is 6. The average molecular weight is 470 g/mol. The van der Waals surface area contributed by atoms with Gasteiger partial charge in [0.1, 0.15) is 0 Å². The van der Waals surface area contributed by atoms with E-state index in [-0.39, 0.29) is 23.4 Å². The number of carbonyl (C=O) groups is 2. The van der Waals surface area contributed by atoms with E-state index in [0.717, 1.165) is 19.3 Å². The Labute approximate surface area is 194 Å². The van der Waals surface area contributed by atoms with Gasteiger partial charge in [-0.25, -0.2) is 13.2 Å². The van der Waals surface area contributed by atoms with Gasteiger partial charge >= 0.3 is 5.97 Å². The molecule has 0 spiro atoms. The van der Waals surface area contributed by atoms with E-state index in [1.807, 2.05) is 12.1 Å². The molecular weight excluding hydrogens is 442 g/mol. The molecule has 174 valence electrons. The third kappa shape index (κ3) is 5.97. The Morgan fingerprint density at radius 3 is 2.45 bits per heavy atom. The zero-order chi connectivity index (χ0) is 23.8. The van der Waals surface area contributed by atoms with Gasteiger partial charge in [-0.2, -0.15) is 9.57 Å². The summed E-state index contributed by atoms with van der Waals surface area (Å²) in [5.74, 6) is -1.26. The summed E-state index contributed by atoms with van der Waals surface area (Å²) in [6.45, 7) is 2.25. The molecule has 1 heterocycles. The van der Waals surface area contributed by atoms with Crippen molar-refractivity contribution in [1.29, 1.82) is 5.26 Å². The molecule has 0 unspecified atom stereocenters. The molecule has 0 aliphatic carbocycles. The number of carbonyl (C=O) groups excluding carboxylic acids is 2. The zero-order valence-corrected chi connectivity index (χ0v) is 19.4. The molecule has 8 nitrogen and oxygen atoms in total. The first-order chi connectivity index (χ1) is 15.8. The molecule has 2 aromatic carbocycles. The lowest BCUT2D eigenvalue weighted by molar-refractivity contribution is -0.121. The maximum absolute atomic E-state index is 13.1. The van der Waals surface area contributed by atoms with E-state index in [1.165, 1.54) is 21.3 Å². The Bertz CT molecular complexity index is 1140. The van der Waals surface area contributed by atoms with E-state index in [0.29, 0.717) is 24.3 Å². The quantitative estimate of drug-likeness (QED) is 0.549. The zero-order valence-electron chi connectivity index (χ0n) is 18.6. The predicted molar refractivity (Wildman–Crippen MR) is 123 cm³/mol. The minimum absolute atomic E-state index is 0.0623. The van der Waals surface area contributed by atoms with E-state index < -0.39 is 28.5 Å². The van der Waals surface area contributed by atoms with Crippen molar-refractivity contribution < 1.29 is 22.7 Å². The summed E-state index contributed by atoms with van der Waals surface area (Å²) in [6, 6.07) is 15.2. The summed E-state index contributed by atoms with van der Waals surface area (Å²) in [4.78, 5) is 26.8. The number of anilines is 1. The molecule has 1 amide bonds. The largest absolute Gasteiger partial charge is 0.452 e. The molecule has 0 radical (unpaired) electrons. The first-order valence-corrected chi connectivity index (χ1v) is 12.3. The van der Waals surface area contributed by atoms with Crippen molar-refractivity contribution in [2.45, 2.75) is 37.5 Å². The lowest BCUT2D eigenvalue weighted by Gasteiger charge is -2.26. The maximum Gasteiger partial charge on any atom is 0.338 e. The Kier molecular flexibility index (Phi) is 8.20. The van der Waals surface area contributed by atoms with Gasteiger partial charge in [-0.05, 0) is 49.6 Å². The summed E-state index contributed by atoms with van der Waals surface area (Å²) in [5.41, 5.74) is 1.20. The van der Waals surface area contributed by atoms with Gasteiger partial charge in [0.15, 0.2) is 6.61 Å². The molecule has 1 saturated heterocycles. The summed E-state index contributed by atoms with van der Waals surface area (Å²) in [5, 5.41) is 8.89. The Morgan fingerprint density at radius 1 is 1.09 bits per heavy atom. The molecular formula is C24H27N3O5S. The highest BCUT2D eigenvalue weighted by molar-refractivity contribution is 7.89. The van der Waals surface area contributed by atoms with Crippen LogP contribution in [0.4, 0.5) is 5.69 Å². The van der Waals surface area contributed by atoms with Crippen LogP contribution in [-0.2, 0) is 19.6 Å². The molecule has 0 saturated carbocycles. The Hall–Kier alpha value is -3.22. The number of nitriles is 1. The minimum atomic E-state index is -3.72. The first-order valence-electron chi connectivity index (χ1n) is 10.8. The smallest absolute Gasteiger partial charge is 0.338 e. The van der Waals surface area contributed by atoms with E-state index in [4.69, 9.17) is 10.00 Å². The van der Waals surface area contributed by atoms with Crippen molar-refractivity contribution in [3.8, 4) is 6.07 Å². The second-order valence-corrected chi connectivity index (χ2v) is 9.72. The number of sulfonamides is 1. The number of benzene rings is 2. The second kappa shape index (κ2) is 11.1. The minimum Gasteiger partial charge on any atom is -0.452 e. The van der Waals surface area contributed by atoms with Crippen molar-refractivity contribution in [2.24, 2.45) is 0 Å². The normalized spacial score (nSPS) is 14.3. The van der Waals surface area contributed by atoms with Crippen LogP contribution in [0, 0.1) is 18.3 Å². The molecule has 0 atom stereocenters. The highest BCUT2D eigenvalue weighted by Gasteiger charge is 2.28. The van der Waals surface area contributed by atoms with Crippen molar-refractivity contribution in [3.63, 3.8) is 0 Å². The lowest BCUT2D eigenvalue weighted by Crippen LogP contribution is -2.36. The van der Waals surface area contributed by atoms with Crippen LogP contribution >= 0.6 is 0 Å². The van der Waals surface area contributed by atoms with Crippen molar-refractivity contribution in [1.82, 2.24) is 4.31 Å². The number of nitrogens with zero attached hydrogens (tertiary/aromatic N) is 3. The predicted octanol–water partition coefficient (Wildman–Crippen LogP) is 3.27. The van der Waals surface area contributed by atoms with Gasteiger partial charge in [0.05, 0.1) is 22.9 Å². The molecule has 9 heteroatoms. The number of piperidine rings is 1. The van der Waals surface area contributed by atoms with Crippen LogP contribution in [0.15, 0.2) is 53.4 Å². The fourth-order valence-electron chi connectivity index (χ4n) is 3.71. The van der Waals surface area contributed by atoms with Crippen LogP contribution in [-0.4, -0.2) is 50.8 Å². The molecule has 2 aromatic rings. The lowest BCUT2D eigenvalue weighted by atomic mass is 10.1. The molecule has 33 heavy (non-hydrogen) atoms. The average Bonchev–Trinajstić information content (AvgIpc) is 2.84. The standard InChI is InChI=1S/C24H27N3O5S/c1-19-11-12-20(17-22(19)33(30,31)26-14-6-3-7-15-26)24(29)32-18-23(28)27(16-8-13-25)21-9-4-2-5-10-21/h2,4-5,9-12,17H,3,6-8,14-16,18H2,1H3. The van der Waals surface area contributed by atoms with E-state index in [2.05, 4.69) is 0 Å². The van der Waals surface area contributed by atoms with Crippen LogP contribution < -0.4 is 4.90 Å². The van der Waals surface area contributed by atoms with Crippen molar-refractivity contribution in [2.75, 3.05) is 31.1 Å². The topological polar surface area (TPSA) is 108 Å². The van der Waals surface area contributed by atoms with Crippen LogP contribution in [0.5, 0.6) is 0 Å². The SMILES string of the molecule is Cc1ccc(C(=O)OCC(=O)N(CCC#N)c2ccccc2)cc1S(=O)(=O)N1CCCCC1. The van der Waals surface area contributed by atoms with Gasteiger partial charge in [0.2, 0.25) is 10.0 Å². The van der Waals surface area contributed by atoms with E-state index >= 15 is 0 Å². The van der Waals surface area contributed by atoms with Crippen LogP contribution in [0.2, 0.25) is 0 Å². The highest BCUT2D eigenvalue weighted by atomic mass is 32.2. The van der Waals surface area contributed by atoms with E-state index in [9.17, 15) is 18.0 Å². The number of ether oxygens (including phenoxy) is 1. The summed E-state index contributed by atoms with van der Waals surface area (Å²) in [6.07, 6.45) is 2.75. The third-order valence-corrected chi connectivity index (χ3v) is 7.54. The first kappa shape index (κ1) is 24.4. The molecule has 0 N–H and O–H groups in total. The van der Waals surface area contributed by atoms with Crippen LogP contribution in [0.1, 0.15) is 41.6 Å². The van der Waals surface area contributed by atoms with Crippen LogP contribution in [0.3, 0.4) is 0 Å². The summed E-state index contributed by atoms with van der Waals surface area (Å²) in [7, 11) is -3.72. The molecule has 1 aliphatic rings. The Morgan fingerprint density at radius 2 is 1.79 bits per heavy atom.